The summed E-state index contributed by atoms with van der Waals surface area (Å²) in [5, 5.41) is 0. The van der Waals surface area contributed by atoms with Gasteiger partial charge in [0, 0.05) is 5.56 Å². The Bertz CT molecular complexity index is 405. The lowest BCUT2D eigenvalue weighted by molar-refractivity contribution is 0.229. The zero-order valence-electron chi connectivity index (χ0n) is 12.2. The maximum atomic E-state index is 5.93. The van der Waals surface area contributed by atoms with Gasteiger partial charge in [0.05, 0.1) is 12.1 Å². The molecule has 1 aliphatic rings. The zero-order chi connectivity index (χ0) is 13.8. The van der Waals surface area contributed by atoms with E-state index in [0.29, 0.717) is 11.8 Å². The second-order valence-electron chi connectivity index (χ2n) is 5.92. The van der Waals surface area contributed by atoms with Gasteiger partial charge < -0.3 is 4.74 Å². The Morgan fingerprint density at radius 2 is 2.00 bits per heavy atom. The highest BCUT2D eigenvalue weighted by Crippen LogP contribution is 2.42. The maximum absolute atomic E-state index is 5.93. The topological polar surface area (TPSA) is 47.3 Å². The van der Waals surface area contributed by atoms with E-state index in [0.717, 1.165) is 5.75 Å². The average Bonchev–Trinajstić information content (AvgIpc) is 2.78. The van der Waals surface area contributed by atoms with Crippen LogP contribution in [-0.4, -0.2) is 6.10 Å². The molecule has 1 aliphatic carbocycles. The summed E-state index contributed by atoms with van der Waals surface area (Å²) in [4.78, 5) is 0. The number of benzene rings is 1. The molecular formula is C16H26N2O. The third-order valence-electron chi connectivity index (χ3n) is 4.15. The van der Waals surface area contributed by atoms with E-state index in [1.54, 1.807) is 0 Å². The maximum Gasteiger partial charge on any atom is 0.124 e. The Labute approximate surface area is 116 Å². The second-order valence-corrected chi connectivity index (χ2v) is 5.92. The number of hydrazine groups is 1. The van der Waals surface area contributed by atoms with Crippen LogP contribution in [0.3, 0.4) is 0 Å². The van der Waals surface area contributed by atoms with Gasteiger partial charge in [0.1, 0.15) is 5.75 Å². The van der Waals surface area contributed by atoms with Crippen LogP contribution in [0.15, 0.2) is 24.3 Å². The molecule has 1 fully saturated rings. The fourth-order valence-corrected chi connectivity index (χ4v) is 3.21. The summed E-state index contributed by atoms with van der Waals surface area (Å²) in [6.07, 6.45) is 4.03. The Kier molecular flexibility index (Phi) is 4.83. The van der Waals surface area contributed by atoms with Gasteiger partial charge in [-0.3, -0.25) is 11.3 Å². The highest BCUT2D eigenvalue weighted by molar-refractivity contribution is 5.36. The van der Waals surface area contributed by atoms with E-state index in [2.05, 4.69) is 38.3 Å². The van der Waals surface area contributed by atoms with Crippen molar-refractivity contribution in [1.82, 2.24) is 5.43 Å². The average molecular weight is 262 g/mol. The minimum atomic E-state index is 0.181. The van der Waals surface area contributed by atoms with Crippen LogP contribution in [0.1, 0.15) is 51.6 Å². The SMILES string of the molecule is CC(C)Oc1ccccc1C(NN)C1CCCC1C. The molecule has 106 valence electrons. The van der Waals surface area contributed by atoms with E-state index < -0.39 is 0 Å². The van der Waals surface area contributed by atoms with Crippen molar-refractivity contribution in [2.45, 2.75) is 52.2 Å². The molecule has 19 heavy (non-hydrogen) atoms. The normalized spacial score (nSPS) is 24.7. The van der Waals surface area contributed by atoms with Gasteiger partial charge in [0.2, 0.25) is 0 Å². The summed E-state index contributed by atoms with van der Waals surface area (Å²) in [5.74, 6) is 8.11. The van der Waals surface area contributed by atoms with Crippen LogP contribution in [0.2, 0.25) is 0 Å². The standard InChI is InChI=1S/C16H26N2O/c1-11(2)19-15-10-5-4-8-14(15)16(18-17)13-9-6-7-12(13)3/h4-5,8,10-13,16,18H,6-7,9,17H2,1-3H3. The first-order chi connectivity index (χ1) is 9.13. The van der Waals surface area contributed by atoms with Gasteiger partial charge >= 0.3 is 0 Å². The Balaban J connectivity index is 2.27. The fourth-order valence-electron chi connectivity index (χ4n) is 3.21. The summed E-state index contributed by atoms with van der Waals surface area (Å²) in [6.45, 7) is 6.44. The van der Waals surface area contributed by atoms with Gasteiger partial charge in [0.15, 0.2) is 0 Å². The van der Waals surface area contributed by atoms with Gasteiger partial charge in [-0.25, -0.2) is 0 Å². The van der Waals surface area contributed by atoms with Crippen LogP contribution >= 0.6 is 0 Å². The molecule has 0 amide bonds. The molecule has 1 aromatic rings. The zero-order valence-corrected chi connectivity index (χ0v) is 12.2. The molecule has 0 saturated heterocycles. The molecule has 3 atom stereocenters. The third-order valence-corrected chi connectivity index (χ3v) is 4.15. The molecule has 3 N–H and O–H groups in total. The number of rotatable bonds is 5. The Hall–Kier alpha value is -1.06. The number of ether oxygens (including phenoxy) is 1. The molecule has 3 nitrogen and oxygen atoms in total. The smallest absolute Gasteiger partial charge is 0.124 e. The van der Waals surface area contributed by atoms with Gasteiger partial charge in [0.25, 0.3) is 0 Å². The lowest BCUT2D eigenvalue weighted by Crippen LogP contribution is -2.35. The Morgan fingerprint density at radius 3 is 2.58 bits per heavy atom. The predicted octanol–water partition coefficient (Wildman–Crippen LogP) is 3.41. The first kappa shape index (κ1) is 14.4. The van der Waals surface area contributed by atoms with Gasteiger partial charge in [-0.15, -0.1) is 0 Å². The van der Waals surface area contributed by atoms with Gasteiger partial charge in [-0.1, -0.05) is 38.0 Å². The van der Waals surface area contributed by atoms with Crippen LogP contribution in [-0.2, 0) is 0 Å². The first-order valence-electron chi connectivity index (χ1n) is 7.35. The van der Waals surface area contributed by atoms with E-state index >= 15 is 0 Å². The third kappa shape index (κ3) is 3.28. The monoisotopic (exact) mass is 262 g/mol. The lowest BCUT2D eigenvalue weighted by atomic mass is 9.86. The summed E-state index contributed by atoms with van der Waals surface area (Å²) in [6, 6.07) is 8.44. The van der Waals surface area contributed by atoms with Crippen molar-refractivity contribution in [3.63, 3.8) is 0 Å². The molecule has 0 spiro atoms. The molecule has 0 heterocycles. The molecule has 0 aliphatic heterocycles. The molecule has 3 unspecified atom stereocenters. The van der Waals surface area contributed by atoms with Crippen molar-refractivity contribution < 1.29 is 4.74 Å². The molecule has 0 bridgehead atoms. The van der Waals surface area contributed by atoms with Gasteiger partial charge in [-0.2, -0.15) is 0 Å². The van der Waals surface area contributed by atoms with Crippen molar-refractivity contribution in [2.75, 3.05) is 0 Å². The van der Waals surface area contributed by atoms with Crippen LogP contribution in [0.4, 0.5) is 0 Å². The summed E-state index contributed by atoms with van der Waals surface area (Å²) in [5.41, 5.74) is 4.22. The number of nitrogens with two attached hydrogens (primary N) is 1. The van der Waals surface area contributed by atoms with Crippen molar-refractivity contribution in [3.8, 4) is 5.75 Å². The van der Waals surface area contributed by atoms with Crippen LogP contribution in [0.5, 0.6) is 5.75 Å². The molecule has 1 saturated carbocycles. The van der Waals surface area contributed by atoms with E-state index in [9.17, 15) is 0 Å². The fraction of sp³-hybridized carbons (Fsp3) is 0.625. The van der Waals surface area contributed by atoms with Crippen molar-refractivity contribution in [2.24, 2.45) is 17.7 Å². The number of para-hydroxylation sites is 1. The summed E-state index contributed by atoms with van der Waals surface area (Å²) in [7, 11) is 0. The largest absolute Gasteiger partial charge is 0.491 e. The van der Waals surface area contributed by atoms with E-state index in [-0.39, 0.29) is 12.1 Å². The van der Waals surface area contributed by atoms with E-state index in [1.807, 2.05) is 12.1 Å². The number of nitrogens with one attached hydrogen (secondary N) is 1. The summed E-state index contributed by atoms with van der Waals surface area (Å²) < 4.78 is 5.93. The molecular weight excluding hydrogens is 236 g/mol. The quantitative estimate of drug-likeness (QED) is 0.631. The predicted molar refractivity (Wildman–Crippen MR) is 78.8 cm³/mol. The van der Waals surface area contributed by atoms with E-state index in [4.69, 9.17) is 10.6 Å². The summed E-state index contributed by atoms with van der Waals surface area (Å²) >= 11 is 0. The van der Waals surface area contributed by atoms with Crippen molar-refractivity contribution in [1.29, 1.82) is 0 Å². The molecule has 0 radical (unpaired) electrons. The molecule has 3 heteroatoms. The van der Waals surface area contributed by atoms with Crippen LogP contribution in [0, 0.1) is 11.8 Å². The van der Waals surface area contributed by atoms with Crippen molar-refractivity contribution in [3.05, 3.63) is 29.8 Å². The van der Waals surface area contributed by atoms with Crippen LogP contribution in [0.25, 0.3) is 0 Å². The minimum Gasteiger partial charge on any atom is -0.491 e. The molecule has 2 rings (SSSR count). The number of hydrogen-bond acceptors (Lipinski definition) is 3. The first-order valence-corrected chi connectivity index (χ1v) is 7.35. The second kappa shape index (κ2) is 6.40. The molecule has 0 aromatic heterocycles. The highest BCUT2D eigenvalue weighted by atomic mass is 16.5. The minimum absolute atomic E-state index is 0.181. The number of hydrogen-bond donors (Lipinski definition) is 2. The molecule has 1 aromatic carbocycles. The van der Waals surface area contributed by atoms with E-state index in [1.165, 1.54) is 24.8 Å². The lowest BCUT2D eigenvalue weighted by Gasteiger charge is -2.28. The van der Waals surface area contributed by atoms with Crippen LogP contribution < -0.4 is 16.0 Å². The Morgan fingerprint density at radius 1 is 1.26 bits per heavy atom. The van der Waals surface area contributed by atoms with Gasteiger partial charge in [-0.05, 0) is 38.2 Å². The van der Waals surface area contributed by atoms with Crippen molar-refractivity contribution >= 4 is 0 Å². The highest BCUT2D eigenvalue weighted by Gasteiger charge is 2.32.